The molecule has 1 aromatic rings. The molecule has 0 aromatic carbocycles. The standard InChI is InChI=1S/C12H19N3O2/c16-11(10-1-6-17-9-10)7-14-4-5-15-3-2-13-12(15)8-14/h2-3,10-11,16H,1,4-9H2. The summed E-state index contributed by atoms with van der Waals surface area (Å²) in [6, 6.07) is 0. The van der Waals surface area contributed by atoms with Crippen molar-refractivity contribution in [2.45, 2.75) is 25.6 Å². The summed E-state index contributed by atoms with van der Waals surface area (Å²) in [7, 11) is 0. The van der Waals surface area contributed by atoms with Crippen molar-refractivity contribution in [2.24, 2.45) is 5.92 Å². The van der Waals surface area contributed by atoms with E-state index in [9.17, 15) is 5.11 Å². The van der Waals surface area contributed by atoms with Gasteiger partial charge in [-0.25, -0.2) is 4.98 Å². The Morgan fingerprint density at radius 3 is 3.29 bits per heavy atom. The average Bonchev–Trinajstić information content (AvgIpc) is 2.99. The lowest BCUT2D eigenvalue weighted by Crippen LogP contribution is -2.41. The smallest absolute Gasteiger partial charge is 0.122 e. The van der Waals surface area contributed by atoms with E-state index in [0.29, 0.717) is 12.5 Å². The Bertz CT molecular complexity index is 374. The summed E-state index contributed by atoms with van der Waals surface area (Å²) in [4.78, 5) is 6.61. The van der Waals surface area contributed by atoms with Crippen LogP contribution in [0.1, 0.15) is 12.2 Å². The Labute approximate surface area is 101 Å². The summed E-state index contributed by atoms with van der Waals surface area (Å²) in [5.74, 6) is 1.42. The van der Waals surface area contributed by atoms with Gasteiger partial charge in [-0.15, -0.1) is 0 Å². The van der Waals surface area contributed by atoms with Gasteiger partial charge in [-0.1, -0.05) is 0 Å². The SMILES string of the molecule is OC(CN1CCn2ccnc2C1)C1CCOC1. The Morgan fingerprint density at radius 2 is 2.47 bits per heavy atom. The van der Waals surface area contributed by atoms with Crippen LogP contribution < -0.4 is 0 Å². The highest BCUT2D eigenvalue weighted by Gasteiger charge is 2.27. The number of ether oxygens (including phenoxy) is 1. The number of aliphatic hydroxyl groups excluding tert-OH is 1. The molecule has 3 rings (SSSR count). The van der Waals surface area contributed by atoms with E-state index in [2.05, 4.69) is 14.5 Å². The molecule has 0 spiro atoms. The molecule has 5 heteroatoms. The van der Waals surface area contributed by atoms with E-state index < -0.39 is 0 Å². The second-order valence-corrected chi connectivity index (χ2v) is 4.96. The van der Waals surface area contributed by atoms with Gasteiger partial charge in [0.25, 0.3) is 0 Å². The second-order valence-electron chi connectivity index (χ2n) is 4.96. The summed E-state index contributed by atoms with van der Waals surface area (Å²) >= 11 is 0. The van der Waals surface area contributed by atoms with Gasteiger partial charge in [0.2, 0.25) is 0 Å². The number of imidazole rings is 1. The van der Waals surface area contributed by atoms with Crippen molar-refractivity contribution in [1.29, 1.82) is 0 Å². The van der Waals surface area contributed by atoms with E-state index in [1.807, 2.05) is 12.4 Å². The van der Waals surface area contributed by atoms with Gasteiger partial charge in [0.05, 0.1) is 19.3 Å². The third-order valence-corrected chi connectivity index (χ3v) is 3.78. The monoisotopic (exact) mass is 237 g/mol. The molecule has 1 N–H and O–H groups in total. The van der Waals surface area contributed by atoms with Crippen molar-refractivity contribution in [1.82, 2.24) is 14.5 Å². The van der Waals surface area contributed by atoms with E-state index in [0.717, 1.165) is 45.0 Å². The molecule has 0 bridgehead atoms. The fourth-order valence-electron chi connectivity index (χ4n) is 2.65. The minimum atomic E-state index is -0.265. The Kier molecular flexibility index (Phi) is 3.13. The molecular weight excluding hydrogens is 218 g/mol. The fourth-order valence-corrected chi connectivity index (χ4v) is 2.65. The first kappa shape index (κ1) is 11.2. The molecular formula is C12H19N3O2. The fraction of sp³-hybridized carbons (Fsp3) is 0.750. The van der Waals surface area contributed by atoms with Crippen molar-refractivity contribution in [3.8, 4) is 0 Å². The molecule has 0 radical (unpaired) electrons. The molecule has 1 aromatic heterocycles. The van der Waals surface area contributed by atoms with Crippen LogP contribution in [0.5, 0.6) is 0 Å². The van der Waals surface area contributed by atoms with Gasteiger partial charge in [-0.3, -0.25) is 4.90 Å². The molecule has 5 nitrogen and oxygen atoms in total. The van der Waals surface area contributed by atoms with Crippen molar-refractivity contribution >= 4 is 0 Å². The molecule has 94 valence electrons. The molecule has 1 fully saturated rings. The summed E-state index contributed by atoms with van der Waals surface area (Å²) in [5.41, 5.74) is 0. The first-order valence-corrected chi connectivity index (χ1v) is 6.31. The largest absolute Gasteiger partial charge is 0.391 e. The lowest BCUT2D eigenvalue weighted by atomic mass is 10.0. The van der Waals surface area contributed by atoms with Crippen LogP contribution >= 0.6 is 0 Å². The van der Waals surface area contributed by atoms with Gasteiger partial charge in [0.15, 0.2) is 0 Å². The third kappa shape index (κ3) is 2.36. The lowest BCUT2D eigenvalue weighted by molar-refractivity contribution is 0.0469. The number of aromatic nitrogens is 2. The van der Waals surface area contributed by atoms with E-state index in [1.165, 1.54) is 0 Å². The van der Waals surface area contributed by atoms with E-state index in [-0.39, 0.29) is 6.10 Å². The van der Waals surface area contributed by atoms with Gasteiger partial charge in [-0.2, -0.15) is 0 Å². The maximum atomic E-state index is 10.2. The molecule has 0 amide bonds. The van der Waals surface area contributed by atoms with Crippen LogP contribution in [0.15, 0.2) is 12.4 Å². The highest BCUT2D eigenvalue weighted by molar-refractivity contribution is 4.96. The van der Waals surface area contributed by atoms with Crippen molar-refractivity contribution < 1.29 is 9.84 Å². The van der Waals surface area contributed by atoms with Crippen LogP contribution in [0, 0.1) is 5.92 Å². The van der Waals surface area contributed by atoms with Crippen LogP contribution in [0.25, 0.3) is 0 Å². The molecule has 3 heterocycles. The number of rotatable bonds is 3. The van der Waals surface area contributed by atoms with Gasteiger partial charge in [0.1, 0.15) is 5.82 Å². The summed E-state index contributed by atoms with van der Waals surface area (Å²) < 4.78 is 7.50. The molecule has 1 saturated heterocycles. The van der Waals surface area contributed by atoms with Gasteiger partial charge >= 0.3 is 0 Å². The minimum absolute atomic E-state index is 0.265. The van der Waals surface area contributed by atoms with Crippen molar-refractivity contribution in [2.75, 3.05) is 26.3 Å². The molecule has 0 saturated carbocycles. The van der Waals surface area contributed by atoms with Crippen LogP contribution in [0.2, 0.25) is 0 Å². The Morgan fingerprint density at radius 1 is 1.53 bits per heavy atom. The highest BCUT2D eigenvalue weighted by Crippen LogP contribution is 2.19. The zero-order valence-electron chi connectivity index (χ0n) is 9.96. The minimum Gasteiger partial charge on any atom is -0.391 e. The summed E-state index contributed by atoms with van der Waals surface area (Å²) in [5, 5.41) is 10.2. The molecule has 2 aliphatic heterocycles. The molecule has 2 unspecified atom stereocenters. The van der Waals surface area contributed by atoms with E-state index >= 15 is 0 Å². The van der Waals surface area contributed by atoms with Gasteiger partial charge in [0, 0.05) is 44.6 Å². The predicted molar refractivity (Wildman–Crippen MR) is 62.4 cm³/mol. The van der Waals surface area contributed by atoms with Gasteiger partial charge in [-0.05, 0) is 6.42 Å². The second kappa shape index (κ2) is 4.76. The van der Waals surface area contributed by atoms with Crippen LogP contribution in [0.3, 0.4) is 0 Å². The number of nitrogens with zero attached hydrogens (tertiary/aromatic N) is 3. The molecule has 17 heavy (non-hydrogen) atoms. The first-order chi connectivity index (χ1) is 8.33. The molecule has 0 aliphatic carbocycles. The molecule has 2 atom stereocenters. The predicted octanol–water partition coefficient (Wildman–Crippen LogP) is 0.0961. The van der Waals surface area contributed by atoms with Crippen LogP contribution in [0.4, 0.5) is 0 Å². The average molecular weight is 237 g/mol. The first-order valence-electron chi connectivity index (χ1n) is 6.31. The number of fused-ring (bicyclic) bond motifs is 1. The van der Waals surface area contributed by atoms with Gasteiger partial charge < -0.3 is 14.4 Å². The Balaban J connectivity index is 1.56. The number of β-amino-alcohol motifs (C(OH)–C–C–N with tert-alkyl or cyclic N) is 1. The topological polar surface area (TPSA) is 50.5 Å². The van der Waals surface area contributed by atoms with E-state index in [1.54, 1.807) is 0 Å². The van der Waals surface area contributed by atoms with Crippen LogP contribution in [-0.2, 0) is 17.8 Å². The van der Waals surface area contributed by atoms with E-state index in [4.69, 9.17) is 4.74 Å². The lowest BCUT2D eigenvalue weighted by Gasteiger charge is -2.30. The van der Waals surface area contributed by atoms with Crippen molar-refractivity contribution in [3.05, 3.63) is 18.2 Å². The number of hydrogen-bond acceptors (Lipinski definition) is 4. The highest BCUT2D eigenvalue weighted by atomic mass is 16.5. The van der Waals surface area contributed by atoms with Crippen LogP contribution in [-0.4, -0.2) is 52.0 Å². The zero-order valence-corrected chi connectivity index (χ0v) is 9.96. The third-order valence-electron chi connectivity index (χ3n) is 3.78. The molecule has 2 aliphatic rings. The Hall–Kier alpha value is -0.910. The maximum absolute atomic E-state index is 10.2. The normalized spacial score (nSPS) is 27.0. The van der Waals surface area contributed by atoms with Crippen molar-refractivity contribution in [3.63, 3.8) is 0 Å². The summed E-state index contributed by atoms with van der Waals surface area (Å²) in [6.07, 6.45) is 4.59. The maximum Gasteiger partial charge on any atom is 0.122 e. The zero-order chi connectivity index (χ0) is 11.7. The quantitative estimate of drug-likeness (QED) is 0.810. The number of hydrogen-bond donors (Lipinski definition) is 1. The summed E-state index contributed by atoms with van der Waals surface area (Å²) in [6.45, 7) is 5.06. The number of aliphatic hydroxyl groups is 1.